The number of aromatic nitrogens is 4. The minimum absolute atomic E-state index is 0.0932. The molecule has 0 saturated carbocycles. The van der Waals surface area contributed by atoms with Crippen molar-refractivity contribution in [3.05, 3.63) is 18.1 Å². The number of rotatable bonds is 6. The van der Waals surface area contributed by atoms with E-state index >= 15 is 0 Å². The van der Waals surface area contributed by atoms with Crippen LogP contribution in [0.5, 0.6) is 0 Å². The Bertz CT molecular complexity index is 539. The molecule has 0 spiro atoms. The van der Waals surface area contributed by atoms with Crippen LogP contribution in [0, 0.1) is 12.3 Å². The van der Waals surface area contributed by atoms with Crippen LogP contribution in [0.1, 0.15) is 32.4 Å². The Morgan fingerprint density at radius 3 is 2.74 bits per heavy atom. The fraction of sp³-hybridized carbons (Fsp3) is 0.615. The monoisotopic (exact) mass is 263 g/mol. The zero-order chi connectivity index (χ0) is 13.9. The van der Waals surface area contributed by atoms with Crippen LogP contribution in [0.3, 0.4) is 0 Å². The zero-order valence-electron chi connectivity index (χ0n) is 11.7. The maximum atomic E-state index is 9.60. The molecule has 6 heteroatoms. The number of anilines is 1. The Balaban J connectivity index is 2.24. The van der Waals surface area contributed by atoms with Gasteiger partial charge in [0.2, 0.25) is 0 Å². The fourth-order valence-electron chi connectivity index (χ4n) is 2.11. The molecule has 0 fully saturated rings. The summed E-state index contributed by atoms with van der Waals surface area (Å²) in [6.07, 6.45) is 3.35. The van der Waals surface area contributed by atoms with E-state index in [-0.39, 0.29) is 12.0 Å². The summed E-state index contributed by atoms with van der Waals surface area (Å²) in [7, 11) is 0. The molecule has 0 radical (unpaired) electrons. The fourth-order valence-corrected chi connectivity index (χ4v) is 2.11. The van der Waals surface area contributed by atoms with Crippen LogP contribution in [0.2, 0.25) is 0 Å². The molecule has 104 valence electrons. The maximum absolute atomic E-state index is 9.60. The van der Waals surface area contributed by atoms with Crippen LogP contribution < -0.4 is 5.32 Å². The quantitative estimate of drug-likeness (QED) is 0.828. The summed E-state index contributed by atoms with van der Waals surface area (Å²) in [4.78, 5) is 8.40. The number of aliphatic hydroxyl groups is 1. The van der Waals surface area contributed by atoms with Crippen molar-refractivity contribution in [2.45, 2.75) is 33.6 Å². The van der Waals surface area contributed by atoms with E-state index in [0.29, 0.717) is 12.3 Å². The Morgan fingerprint density at radius 1 is 1.37 bits per heavy atom. The van der Waals surface area contributed by atoms with Crippen LogP contribution in [-0.2, 0) is 0 Å². The van der Waals surface area contributed by atoms with Crippen molar-refractivity contribution in [2.24, 2.45) is 5.41 Å². The molecule has 0 amide bonds. The number of aryl methyl sites for hydroxylation is 1. The second kappa shape index (κ2) is 5.52. The summed E-state index contributed by atoms with van der Waals surface area (Å²) in [6.45, 7) is 7.01. The number of hydrogen-bond donors (Lipinski definition) is 2. The molecular weight excluding hydrogens is 242 g/mol. The Morgan fingerprint density at radius 2 is 2.11 bits per heavy atom. The van der Waals surface area contributed by atoms with Gasteiger partial charge in [-0.05, 0) is 19.8 Å². The average molecular weight is 263 g/mol. The van der Waals surface area contributed by atoms with Crippen molar-refractivity contribution in [1.82, 2.24) is 19.6 Å². The molecule has 0 atom stereocenters. The van der Waals surface area contributed by atoms with E-state index in [0.717, 1.165) is 24.4 Å². The summed E-state index contributed by atoms with van der Waals surface area (Å²) < 4.78 is 1.68. The van der Waals surface area contributed by atoms with Crippen LogP contribution in [-0.4, -0.2) is 37.8 Å². The molecule has 2 N–H and O–H groups in total. The van der Waals surface area contributed by atoms with Gasteiger partial charge in [0.1, 0.15) is 12.1 Å². The lowest BCUT2D eigenvalue weighted by atomic mass is 9.83. The summed E-state index contributed by atoms with van der Waals surface area (Å²) in [5.74, 6) is 1.45. The van der Waals surface area contributed by atoms with Crippen LogP contribution in [0.25, 0.3) is 5.78 Å². The second-order valence-electron chi connectivity index (χ2n) is 4.97. The van der Waals surface area contributed by atoms with E-state index in [2.05, 4.69) is 34.2 Å². The molecule has 0 aliphatic carbocycles. The molecule has 0 aliphatic heterocycles. The highest BCUT2D eigenvalue weighted by Gasteiger charge is 2.25. The minimum Gasteiger partial charge on any atom is -0.396 e. The summed E-state index contributed by atoms with van der Waals surface area (Å²) in [6, 6.07) is 1.94. The molecular formula is C13H21N5O. The summed E-state index contributed by atoms with van der Waals surface area (Å²) in [5, 5.41) is 17.1. The zero-order valence-corrected chi connectivity index (χ0v) is 11.7. The molecule has 0 bridgehead atoms. The molecule has 0 unspecified atom stereocenters. The Hall–Kier alpha value is -1.69. The van der Waals surface area contributed by atoms with E-state index in [4.69, 9.17) is 0 Å². The van der Waals surface area contributed by atoms with Crippen LogP contribution in [0.4, 0.5) is 5.82 Å². The lowest BCUT2D eigenvalue weighted by molar-refractivity contribution is 0.127. The standard InChI is InChI=1S/C13H21N5O/c1-4-13(5-2,8-19)7-14-11-6-10(3)17-12-15-9-16-18(11)12/h6,9,14,19H,4-5,7-8H2,1-3H3. The molecule has 19 heavy (non-hydrogen) atoms. The number of nitrogens with zero attached hydrogens (tertiary/aromatic N) is 4. The van der Waals surface area contributed by atoms with E-state index in [1.54, 1.807) is 4.52 Å². The predicted molar refractivity (Wildman–Crippen MR) is 74.1 cm³/mol. The molecule has 2 rings (SSSR count). The molecule has 2 aromatic heterocycles. The minimum atomic E-state index is -0.0932. The van der Waals surface area contributed by atoms with Crippen molar-refractivity contribution >= 4 is 11.6 Å². The summed E-state index contributed by atoms with van der Waals surface area (Å²) in [5.41, 5.74) is 0.801. The topological polar surface area (TPSA) is 75.3 Å². The number of hydrogen-bond acceptors (Lipinski definition) is 5. The molecule has 2 aromatic rings. The van der Waals surface area contributed by atoms with E-state index in [9.17, 15) is 5.11 Å². The third-order valence-corrected chi connectivity index (χ3v) is 3.86. The van der Waals surface area contributed by atoms with E-state index in [1.165, 1.54) is 6.33 Å². The van der Waals surface area contributed by atoms with E-state index in [1.807, 2.05) is 13.0 Å². The van der Waals surface area contributed by atoms with Crippen molar-refractivity contribution in [3.8, 4) is 0 Å². The highest BCUT2D eigenvalue weighted by atomic mass is 16.3. The van der Waals surface area contributed by atoms with Gasteiger partial charge in [-0.15, -0.1) is 0 Å². The first kappa shape index (κ1) is 13.7. The van der Waals surface area contributed by atoms with Crippen molar-refractivity contribution in [1.29, 1.82) is 0 Å². The molecule has 2 heterocycles. The normalized spacial score (nSPS) is 12.0. The van der Waals surface area contributed by atoms with Crippen molar-refractivity contribution in [3.63, 3.8) is 0 Å². The van der Waals surface area contributed by atoms with Crippen LogP contribution >= 0.6 is 0 Å². The van der Waals surface area contributed by atoms with Gasteiger partial charge in [-0.3, -0.25) is 0 Å². The van der Waals surface area contributed by atoms with Crippen LogP contribution in [0.15, 0.2) is 12.4 Å². The third-order valence-electron chi connectivity index (χ3n) is 3.86. The Labute approximate surface area is 112 Å². The maximum Gasteiger partial charge on any atom is 0.254 e. The van der Waals surface area contributed by atoms with Gasteiger partial charge in [-0.2, -0.15) is 14.6 Å². The van der Waals surface area contributed by atoms with Crippen molar-refractivity contribution < 1.29 is 5.11 Å². The van der Waals surface area contributed by atoms with Gasteiger partial charge in [0.25, 0.3) is 5.78 Å². The molecule has 0 aromatic carbocycles. The van der Waals surface area contributed by atoms with Gasteiger partial charge in [-0.1, -0.05) is 13.8 Å². The number of fused-ring (bicyclic) bond motifs is 1. The van der Waals surface area contributed by atoms with Gasteiger partial charge in [0, 0.05) is 23.7 Å². The highest BCUT2D eigenvalue weighted by molar-refractivity contribution is 5.44. The lowest BCUT2D eigenvalue weighted by Crippen LogP contribution is -2.32. The largest absolute Gasteiger partial charge is 0.396 e. The lowest BCUT2D eigenvalue weighted by Gasteiger charge is -2.30. The molecule has 0 saturated heterocycles. The first-order chi connectivity index (χ1) is 9.14. The number of aliphatic hydroxyl groups excluding tert-OH is 1. The summed E-state index contributed by atoms with van der Waals surface area (Å²) >= 11 is 0. The number of nitrogens with one attached hydrogen (secondary N) is 1. The van der Waals surface area contributed by atoms with Crippen molar-refractivity contribution in [2.75, 3.05) is 18.5 Å². The highest BCUT2D eigenvalue weighted by Crippen LogP contribution is 2.26. The van der Waals surface area contributed by atoms with Gasteiger partial charge in [0.05, 0.1) is 6.61 Å². The van der Waals surface area contributed by atoms with Gasteiger partial charge >= 0.3 is 0 Å². The first-order valence-corrected chi connectivity index (χ1v) is 6.66. The van der Waals surface area contributed by atoms with E-state index < -0.39 is 0 Å². The SMILES string of the molecule is CCC(CC)(CO)CNc1cc(C)nc2ncnn12. The average Bonchev–Trinajstić information content (AvgIpc) is 2.88. The Kier molecular flexibility index (Phi) is 3.99. The predicted octanol–water partition coefficient (Wildman–Crippen LogP) is 1.64. The smallest absolute Gasteiger partial charge is 0.254 e. The molecule has 6 nitrogen and oxygen atoms in total. The first-order valence-electron chi connectivity index (χ1n) is 6.66. The van der Waals surface area contributed by atoms with Gasteiger partial charge in [-0.25, -0.2) is 4.98 Å². The molecule has 0 aliphatic rings. The van der Waals surface area contributed by atoms with Gasteiger partial charge < -0.3 is 10.4 Å². The second-order valence-corrected chi connectivity index (χ2v) is 4.97. The van der Waals surface area contributed by atoms with Gasteiger partial charge in [0.15, 0.2) is 0 Å². The third kappa shape index (κ3) is 2.68.